The highest BCUT2D eigenvalue weighted by Gasteiger charge is 2.09. The molecule has 98 valence electrons. The van der Waals surface area contributed by atoms with E-state index in [1.807, 2.05) is 6.92 Å². The highest BCUT2D eigenvalue weighted by Crippen LogP contribution is 2.08. The Labute approximate surface area is 106 Å². The van der Waals surface area contributed by atoms with Gasteiger partial charge in [0.2, 0.25) is 5.91 Å². The fourth-order valence-electron chi connectivity index (χ4n) is 1.25. The molecule has 0 saturated heterocycles. The molecule has 0 fully saturated rings. The van der Waals surface area contributed by atoms with E-state index in [-0.39, 0.29) is 18.1 Å². The number of likely N-dealkylation sites (N-methyl/N-ethyl adjacent to an activating group) is 1. The van der Waals surface area contributed by atoms with Crippen LogP contribution < -0.4 is 5.32 Å². The van der Waals surface area contributed by atoms with Gasteiger partial charge in [0.25, 0.3) is 0 Å². The number of anilines is 1. The molecule has 1 rings (SSSR count). The van der Waals surface area contributed by atoms with Crippen molar-refractivity contribution in [3.63, 3.8) is 0 Å². The van der Waals surface area contributed by atoms with E-state index in [4.69, 9.17) is 0 Å². The molecular formula is C12H17N3O3. The number of methoxy groups -OCH3 is 1. The standard InChI is InChI=1S/C12H17N3O3/c1-4-15(2)11(16)8-14-9-5-6-13-10(7-9)12(17)18-3/h5-7H,4,8H2,1-3H3,(H,13,14). The summed E-state index contributed by atoms with van der Waals surface area (Å²) in [5.41, 5.74) is 0.863. The average molecular weight is 251 g/mol. The molecule has 0 bridgehead atoms. The Morgan fingerprint density at radius 1 is 1.50 bits per heavy atom. The maximum absolute atomic E-state index is 11.6. The van der Waals surface area contributed by atoms with E-state index < -0.39 is 5.97 Å². The SMILES string of the molecule is CCN(C)C(=O)CNc1ccnc(C(=O)OC)c1. The van der Waals surface area contributed by atoms with Crippen molar-refractivity contribution < 1.29 is 14.3 Å². The molecule has 0 atom stereocenters. The molecule has 0 unspecified atom stereocenters. The highest BCUT2D eigenvalue weighted by molar-refractivity contribution is 5.88. The summed E-state index contributed by atoms with van der Waals surface area (Å²) in [4.78, 5) is 28.3. The Kier molecular flexibility index (Phi) is 5.10. The predicted molar refractivity (Wildman–Crippen MR) is 67.4 cm³/mol. The molecule has 0 aliphatic rings. The number of rotatable bonds is 5. The van der Waals surface area contributed by atoms with Crippen molar-refractivity contribution in [2.45, 2.75) is 6.92 Å². The van der Waals surface area contributed by atoms with E-state index in [0.717, 1.165) is 0 Å². The molecule has 18 heavy (non-hydrogen) atoms. The highest BCUT2D eigenvalue weighted by atomic mass is 16.5. The molecule has 0 saturated carbocycles. The van der Waals surface area contributed by atoms with Gasteiger partial charge in [0.1, 0.15) is 5.69 Å². The van der Waals surface area contributed by atoms with Crippen molar-refractivity contribution >= 4 is 17.6 Å². The first kappa shape index (κ1) is 14.0. The molecule has 1 aromatic rings. The minimum atomic E-state index is -0.504. The van der Waals surface area contributed by atoms with Gasteiger partial charge < -0.3 is 15.0 Å². The number of carbonyl (C=O) groups is 2. The predicted octanol–water partition coefficient (Wildman–Crippen LogP) is 0.758. The number of carbonyl (C=O) groups excluding carboxylic acids is 2. The molecule has 0 aliphatic heterocycles. The maximum atomic E-state index is 11.6. The third kappa shape index (κ3) is 3.73. The number of nitrogens with zero attached hydrogens (tertiary/aromatic N) is 2. The third-order valence-electron chi connectivity index (χ3n) is 2.50. The van der Waals surface area contributed by atoms with Crippen molar-refractivity contribution in [3.8, 4) is 0 Å². The monoisotopic (exact) mass is 251 g/mol. The van der Waals surface area contributed by atoms with E-state index in [2.05, 4.69) is 15.0 Å². The molecular weight excluding hydrogens is 234 g/mol. The number of nitrogens with one attached hydrogen (secondary N) is 1. The molecule has 0 aliphatic carbocycles. The quantitative estimate of drug-likeness (QED) is 0.782. The van der Waals surface area contributed by atoms with Gasteiger partial charge in [-0.05, 0) is 19.1 Å². The van der Waals surface area contributed by atoms with E-state index in [9.17, 15) is 9.59 Å². The summed E-state index contributed by atoms with van der Waals surface area (Å²) in [6.45, 7) is 2.74. The Bertz CT molecular complexity index is 434. The maximum Gasteiger partial charge on any atom is 0.356 e. The van der Waals surface area contributed by atoms with Crippen LogP contribution in [0, 0.1) is 0 Å². The fraction of sp³-hybridized carbons (Fsp3) is 0.417. The zero-order chi connectivity index (χ0) is 13.5. The number of amides is 1. The Balaban J connectivity index is 2.63. The summed E-state index contributed by atoms with van der Waals surface area (Å²) >= 11 is 0. The Hall–Kier alpha value is -2.11. The number of aromatic nitrogens is 1. The van der Waals surface area contributed by atoms with Crippen LogP contribution in [0.3, 0.4) is 0 Å². The number of ether oxygens (including phenoxy) is 1. The van der Waals surface area contributed by atoms with Gasteiger partial charge in [-0.15, -0.1) is 0 Å². The molecule has 6 heteroatoms. The lowest BCUT2D eigenvalue weighted by atomic mass is 10.3. The van der Waals surface area contributed by atoms with Crippen LogP contribution in [0.2, 0.25) is 0 Å². The molecule has 0 radical (unpaired) electrons. The van der Waals surface area contributed by atoms with Crippen LogP contribution in [0.1, 0.15) is 17.4 Å². The lowest BCUT2D eigenvalue weighted by Gasteiger charge is -2.15. The number of hydrogen-bond acceptors (Lipinski definition) is 5. The summed E-state index contributed by atoms with van der Waals surface area (Å²) in [6, 6.07) is 3.23. The van der Waals surface area contributed by atoms with Gasteiger partial charge in [-0.2, -0.15) is 0 Å². The van der Waals surface area contributed by atoms with E-state index >= 15 is 0 Å². The first-order valence-corrected chi connectivity index (χ1v) is 5.60. The molecule has 6 nitrogen and oxygen atoms in total. The van der Waals surface area contributed by atoms with Crippen molar-refractivity contribution in [1.29, 1.82) is 0 Å². The van der Waals surface area contributed by atoms with Crippen molar-refractivity contribution in [2.24, 2.45) is 0 Å². The smallest absolute Gasteiger partial charge is 0.356 e. The minimum absolute atomic E-state index is 0.0195. The van der Waals surface area contributed by atoms with Crippen molar-refractivity contribution in [3.05, 3.63) is 24.0 Å². The number of hydrogen-bond donors (Lipinski definition) is 1. The normalized spacial score (nSPS) is 9.72. The Morgan fingerprint density at radius 2 is 2.22 bits per heavy atom. The van der Waals surface area contributed by atoms with E-state index in [1.165, 1.54) is 13.3 Å². The molecule has 1 heterocycles. The second-order valence-corrected chi connectivity index (χ2v) is 3.68. The number of esters is 1. The molecule has 0 aromatic carbocycles. The topological polar surface area (TPSA) is 71.5 Å². The van der Waals surface area contributed by atoms with Gasteiger partial charge in [-0.3, -0.25) is 4.79 Å². The van der Waals surface area contributed by atoms with Crippen LogP contribution in [0.4, 0.5) is 5.69 Å². The second kappa shape index (κ2) is 6.58. The van der Waals surface area contributed by atoms with Gasteiger partial charge in [0.15, 0.2) is 0 Å². The van der Waals surface area contributed by atoms with E-state index in [1.54, 1.807) is 24.1 Å². The van der Waals surface area contributed by atoms with E-state index in [0.29, 0.717) is 12.2 Å². The zero-order valence-corrected chi connectivity index (χ0v) is 10.8. The summed E-state index contributed by atoms with van der Waals surface area (Å²) in [5, 5.41) is 2.94. The van der Waals surface area contributed by atoms with Gasteiger partial charge in [0.05, 0.1) is 13.7 Å². The van der Waals surface area contributed by atoms with Crippen LogP contribution in [-0.2, 0) is 9.53 Å². The first-order chi connectivity index (χ1) is 8.58. The van der Waals surface area contributed by atoms with Crippen LogP contribution in [0.25, 0.3) is 0 Å². The molecule has 1 N–H and O–H groups in total. The van der Waals surface area contributed by atoms with Crippen molar-refractivity contribution in [2.75, 3.05) is 32.6 Å². The van der Waals surface area contributed by atoms with Crippen LogP contribution in [0.5, 0.6) is 0 Å². The summed E-state index contributed by atoms with van der Waals surface area (Å²) in [6.07, 6.45) is 1.49. The lowest BCUT2D eigenvalue weighted by molar-refractivity contribution is -0.127. The molecule has 1 amide bonds. The van der Waals surface area contributed by atoms with Crippen LogP contribution >= 0.6 is 0 Å². The average Bonchev–Trinajstić information content (AvgIpc) is 2.43. The lowest BCUT2D eigenvalue weighted by Crippen LogP contribution is -2.31. The molecule has 1 aromatic heterocycles. The Morgan fingerprint density at radius 3 is 2.83 bits per heavy atom. The largest absolute Gasteiger partial charge is 0.464 e. The number of pyridine rings is 1. The zero-order valence-electron chi connectivity index (χ0n) is 10.8. The minimum Gasteiger partial charge on any atom is -0.464 e. The first-order valence-electron chi connectivity index (χ1n) is 5.60. The summed E-state index contributed by atoms with van der Waals surface area (Å²) in [5.74, 6) is -0.524. The van der Waals surface area contributed by atoms with Crippen LogP contribution in [0.15, 0.2) is 18.3 Å². The second-order valence-electron chi connectivity index (χ2n) is 3.68. The van der Waals surface area contributed by atoms with Gasteiger partial charge in [-0.1, -0.05) is 0 Å². The third-order valence-corrected chi connectivity index (χ3v) is 2.50. The van der Waals surface area contributed by atoms with Crippen molar-refractivity contribution in [1.82, 2.24) is 9.88 Å². The van der Waals surface area contributed by atoms with Gasteiger partial charge in [0, 0.05) is 25.5 Å². The summed E-state index contributed by atoms with van der Waals surface area (Å²) in [7, 11) is 3.03. The molecule has 0 spiro atoms. The van der Waals surface area contributed by atoms with Gasteiger partial charge >= 0.3 is 5.97 Å². The van der Waals surface area contributed by atoms with Gasteiger partial charge in [-0.25, -0.2) is 9.78 Å². The van der Waals surface area contributed by atoms with Crippen LogP contribution in [-0.4, -0.2) is 49.0 Å². The summed E-state index contributed by atoms with van der Waals surface area (Å²) < 4.78 is 4.57. The fourth-order valence-corrected chi connectivity index (χ4v) is 1.25.